The Balaban J connectivity index is 1.59. The van der Waals surface area contributed by atoms with Crippen molar-refractivity contribution in [1.82, 2.24) is 25.6 Å². The number of nitriles is 1. The van der Waals surface area contributed by atoms with Crippen molar-refractivity contribution in [1.29, 1.82) is 5.26 Å². The average Bonchev–Trinajstić information content (AvgIpc) is 3.43. The van der Waals surface area contributed by atoms with Crippen LogP contribution >= 0.6 is 11.3 Å². The van der Waals surface area contributed by atoms with Crippen LogP contribution in [0.15, 0.2) is 54.0 Å². The Kier molecular flexibility index (Phi) is 5.14. The smallest absolute Gasteiger partial charge is 0.216 e. The number of tetrazole rings is 1. The number of aromatic nitrogens is 5. The second kappa shape index (κ2) is 8.04. The number of aromatic amines is 1. The number of allylic oxidation sites excluding steroid dienone is 1. The fraction of sp³-hybridized carbons (Fsp3) is 0.0952. The molecule has 0 spiro atoms. The second-order valence-corrected chi connectivity index (χ2v) is 7.34. The zero-order valence-electron chi connectivity index (χ0n) is 15.8. The maximum atomic E-state index is 9.27. The first-order chi connectivity index (χ1) is 14.1. The summed E-state index contributed by atoms with van der Waals surface area (Å²) in [6, 6.07) is 16.3. The fourth-order valence-electron chi connectivity index (χ4n) is 2.86. The molecule has 4 aromatic rings. The molecule has 0 aliphatic heterocycles. The summed E-state index contributed by atoms with van der Waals surface area (Å²) in [6.07, 6.45) is 1.56. The molecule has 0 aliphatic rings. The number of H-pyrrole nitrogens is 1. The van der Waals surface area contributed by atoms with Gasteiger partial charge >= 0.3 is 0 Å². The second-order valence-electron chi connectivity index (χ2n) is 6.49. The molecule has 0 fully saturated rings. The van der Waals surface area contributed by atoms with Gasteiger partial charge in [0, 0.05) is 28.4 Å². The molecule has 0 saturated heterocycles. The zero-order valence-corrected chi connectivity index (χ0v) is 16.7. The van der Waals surface area contributed by atoms with Gasteiger partial charge in [0.15, 0.2) is 0 Å². The number of hydrogen-bond acceptors (Lipinski definition) is 7. The summed E-state index contributed by atoms with van der Waals surface area (Å²) < 4.78 is 0. The number of nitrogens with zero attached hydrogens (tertiary/aromatic N) is 5. The van der Waals surface area contributed by atoms with E-state index in [1.54, 1.807) is 17.5 Å². The van der Waals surface area contributed by atoms with Crippen molar-refractivity contribution in [2.45, 2.75) is 13.8 Å². The van der Waals surface area contributed by atoms with Crippen LogP contribution in [-0.2, 0) is 0 Å². The van der Waals surface area contributed by atoms with Gasteiger partial charge in [0.1, 0.15) is 16.6 Å². The molecule has 0 unspecified atom stereocenters. The van der Waals surface area contributed by atoms with E-state index in [1.807, 2.05) is 24.3 Å². The van der Waals surface area contributed by atoms with Crippen LogP contribution in [0.5, 0.6) is 0 Å². The van der Waals surface area contributed by atoms with E-state index in [0.29, 0.717) is 0 Å². The van der Waals surface area contributed by atoms with E-state index in [0.717, 1.165) is 27.5 Å². The maximum absolute atomic E-state index is 9.27. The van der Waals surface area contributed by atoms with Gasteiger partial charge in [-0.25, -0.2) is 4.98 Å². The van der Waals surface area contributed by atoms with E-state index in [4.69, 9.17) is 4.98 Å². The van der Waals surface area contributed by atoms with Gasteiger partial charge in [-0.2, -0.15) is 10.5 Å². The largest absolute Gasteiger partial charge is 0.360 e. The molecule has 8 heteroatoms. The van der Waals surface area contributed by atoms with Crippen LogP contribution in [-0.4, -0.2) is 25.6 Å². The Labute approximate surface area is 171 Å². The highest BCUT2D eigenvalue weighted by atomic mass is 32.1. The Bertz CT molecular complexity index is 1220. The lowest BCUT2D eigenvalue weighted by molar-refractivity contribution is 0.881. The van der Waals surface area contributed by atoms with Gasteiger partial charge in [-0.05, 0) is 42.8 Å². The Morgan fingerprint density at radius 2 is 2.10 bits per heavy atom. The highest BCUT2D eigenvalue weighted by molar-refractivity contribution is 7.13. The van der Waals surface area contributed by atoms with Crippen LogP contribution < -0.4 is 5.32 Å². The van der Waals surface area contributed by atoms with Gasteiger partial charge in [0.05, 0.1) is 5.69 Å². The summed E-state index contributed by atoms with van der Waals surface area (Å²) in [4.78, 5) is 4.84. The molecule has 2 aromatic carbocycles. The number of rotatable bonds is 5. The van der Waals surface area contributed by atoms with Crippen molar-refractivity contribution in [2.24, 2.45) is 0 Å². The number of anilines is 1. The molecule has 0 saturated carbocycles. The number of thiazole rings is 1. The third-order valence-electron chi connectivity index (χ3n) is 4.37. The molecule has 29 heavy (non-hydrogen) atoms. The SMILES string of the molecule is Cc1ccc(C)c(-c2csc(-c3cccc(NC=C(C#N)c4nn[nH]n4)c3)n2)c1. The van der Waals surface area contributed by atoms with Crippen molar-refractivity contribution >= 4 is 22.6 Å². The Morgan fingerprint density at radius 1 is 1.21 bits per heavy atom. The minimum absolute atomic E-state index is 0.245. The topological polar surface area (TPSA) is 103 Å². The third-order valence-corrected chi connectivity index (χ3v) is 5.26. The summed E-state index contributed by atoms with van der Waals surface area (Å²) >= 11 is 1.61. The van der Waals surface area contributed by atoms with Gasteiger partial charge in [-0.1, -0.05) is 29.8 Å². The van der Waals surface area contributed by atoms with Crippen molar-refractivity contribution in [3.05, 3.63) is 71.0 Å². The highest BCUT2D eigenvalue weighted by Gasteiger charge is 2.10. The maximum Gasteiger partial charge on any atom is 0.216 e. The summed E-state index contributed by atoms with van der Waals surface area (Å²) in [5, 5.41) is 28.9. The van der Waals surface area contributed by atoms with E-state index in [2.05, 4.69) is 69.4 Å². The molecule has 2 N–H and O–H groups in total. The molecule has 0 aliphatic carbocycles. The summed E-state index contributed by atoms with van der Waals surface area (Å²) in [7, 11) is 0. The lowest BCUT2D eigenvalue weighted by Crippen LogP contribution is -1.93. The minimum atomic E-state index is 0.245. The molecule has 4 rings (SSSR count). The predicted molar refractivity (Wildman–Crippen MR) is 114 cm³/mol. The van der Waals surface area contributed by atoms with Crippen molar-refractivity contribution in [3.8, 4) is 27.9 Å². The van der Waals surface area contributed by atoms with Gasteiger partial charge in [-0.3, -0.25) is 0 Å². The first-order valence-electron chi connectivity index (χ1n) is 8.88. The molecule has 0 amide bonds. The molecule has 7 nitrogen and oxygen atoms in total. The van der Waals surface area contributed by atoms with Crippen LogP contribution in [0.1, 0.15) is 17.0 Å². The van der Waals surface area contributed by atoms with Gasteiger partial charge in [0.25, 0.3) is 0 Å². The monoisotopic (exact) mass is 399 g/mol. The lowest BCUT2D eigenvalue weighted by atomic mass is 10.0. The third kappa shape index (κ3) is 4.05. The first-order valence-corrected chi connectivity index (χ1v) is 9.76. The molecular weight excluding hydrogens is 382 g/mol. The van der Waals surface area contributed by atoms with E-state index >= 15 is 0 Å². The Hall–Kier alpha value is -3.83. The summed E-state index contributed by atoms with van der Waals surface area (Å²) in [6.45, 7) is 4.18. The van der Waals surface area contributed by atoms with Crippen LogP contribution in [0.4, 0.5) is 5.69 Å². The number of benzene rings is 2. The quantitative estimate of drug-likeness (QED) is 0.476. The van der Waals surface area contributed by atoms with Crippen molar-refractivity contribution in [2.75, 3.05) is 5.32 Å². The number of nitrogens with one attached hydrogen (secondary N) is 2. The molecule has 2 aromatic heterocycles. The van der Waals surface area contributed by atoms with Crippen LogP contribution in [0, 0.1) is 25.2 Å². The highest BCUT2D eigenvalue weighted by Crippen LogP contribution is 2.32. The van der Waals surface area contributed by atoms with Crippen molar-refractivity contribution < 1.29 is 0 Å². The first kappa shape index (κ1) is 18.5. The molecule has 0 radical (unpaired) electrons. The summed E-state index contributed by atoms with van der Waals surface area (Å²) in [5.74, 6) is 0.245. The van der Waals surface area contributed by atoms with Gasteiger partial charge in [-0.15, -0.1) is 21.5 Å². The number of hydrogen-bond donors (Lipinski definition) is 2. The fourth-order valence-corrected chi connectivity index (χ4v) is 3.68. The molecule has 2 heterocycles. The van der Waals surface area contributed by atoms with Crippen LogP contribution in [0.3, 0.4) is 0 Å². The normalized spacial score (nSPS) is 11.3. The molecule has 0 atom stereocenters. The van der Waals surface area contributed by atoms with Gasteiger partial charge < -0.3 is 5.32 Å². The van der Waals surface area contributed by atoms with E-state index in [1.165, 1.54) is 11.1 Å². The molecule has 0 bridgehead atoms. The van der Waals surface area contributed by atoms with Crippen LogP contribution in [0.25, 0.3) is 27.4 Å². The average molecular weight is 399 g/mol. The number of aryl methyl sites for hydroxylation is 2. The van der Waals surface area contributed by atoms with E-state index in [-0.39, 0.29) is 11.4 Å². The van der Waals surface area contributed by atoms with E-state index in [9.17, 15) is 5.26 Å². The Morgan fingerprint density at radius 3 is 2.90 bits per heavy atom. The molecule has 142 valence electrons. The predicted octanol–water partition coefficient (Wildman–Crippen LogP) is 4.58. The van der Waals surface area contributed by atoms with Gasteiger partial charge in [0.2, 0.25) is 5.82 Å². The van der Waals surface area contributed by atoms with Crippen molar-refractivity contribution in [3.63, 3.8) is 0 Å². The lowest BCUT2D eigenvalue weighted by Gasteiger charge is -2.05. The molecular formula is C21H17N7S. The zero-order chi connectivity index (χ0) is 20.2. The van der Waals surface area contributed by atoms with E-state index < -0.39 is 0 Å². The summed E-state index contributed by atoms with van der Waals surface area (Å²) in [5.41, 5.74) is 6.68. The van der Waals surface area contributed by atoms with Crippen LogP contribution in [0.2, 0.25) is 0 Å². The standard InChI is InChI=1S/C21H17N7S/c1-13-6-7-14(2)18(8-13)19-12-29-21(24-19)15-4-3-5-17(9-15)23-11-16(10-22)20-25-27-28-26-20/h3-9,11-12,23H,1-2H3,(H,25,26,27,28). The minimum Gasteiger partial charge on any atom is -0.360 e.